The minimum atomic E-state index is -0.485. The third-order valence-electron chi connectivity index (χ3n) is 1.51. The summed E-state index contributed by atoms with van der Waals surface area (Å²) >= 11 is 0. The lowest BCUT2D eigenvalue weighted by atomic mass is 10.4. The molecule has 14 heavy (non-hydrogen) atoms. The molecule has 1 heterocycles. The molecule has 0 N–H and O–H groups in total. The third-order valence-corrected chi connectivity index (χ3v) is 1.51. The van der Waals surface area contributed by atoms with Crippen molar-refractivity contribution in [3.8, 4) is 0 Å². The van der Waals surface area contributed by atoms with Crippen molar-refractivity contribution in [2.24, 2.45) is 0 Å². The molecule has 3 nitrogen and oxygen atoms in total. The highest BCUT2D eigenvalue weighted by Gasteiger charge is 2.13. The third kappa shape index (κ3) is 3.20. The number of ether oxygens (including phenoxy) is 2. The maximum Gasteiger partial charge on any atom is 0.217 e. The minimum absolute atomic E-state index is 0.419. The van der Waals surface area contributed by atoms with Gasteiger partial charge >= 0.3 is 0 Å². The van der Waals surface area contributed by atoms with E-state index in [2.05, 4.69) is 13.2 Å². The molecule has 0 saturated carbocycles. The minimum Gasteiger partial charge on any atom is -0.464 e. The van der Waals surface area contributed by atoms with Gasteiger partial charge in [0.05, 0.1) is 19.5 Å². The van der Waals surface area contributed by atoms with Crippen molar-refractivity contribution in [3.05, 3.63) is 49.5 Å². The summed E-state index contributed by atoms with van der Waals surface area (Å²) in [5.74, 6) is 0.647. The predicted octanol–water partition coefficient (Wildman–Crippen LogP) is 2.68. The van der Waals surface area contributed by atoms with E-state index in [1.165, 1.54) is 0 Å². The zero-order valence-electron chi connectivity index (χ0n) is 8.02. The summed E-state index contributed by atoms with van der Waals surface area (Å²) in [5, 5.41) is 0. The van der Waals surface area contributed by atoms with Gasteiger partial charge in [0.25, 0.3) is 0 Å². The standard InChI is InChI=1S/C11H14O3/c1-3-7-13-11(14-8-4-2)10-6-5-9-12-10/h3-6,9,11H,1-2,7-8H2. The van der Waals surface area contributed by atoms with Crippen molar-refractivity contribution in [2.75, 3.05) is 13.2 Å². The Kier molecular flexibility index (Phi) is 4.75. The van der Waals surface area contributed by atoms with Gasteiger partial charge < -0.3 is 13.9 Å². The zero-order chi connectivity index (χ0) is 10.2. The summed E-state index contributed by atoms with van der Waals surface area (Å²) in [4.78, 5) is 0. The molecule has 0 radical (unpaired) electrons. The van der Waals surface area contributed by atoms with Crippen LogP contribution in [-0.4, -0.2) is 13.2 Å². The summed E-state index contributed by atoms with van der Waals surface area (Å²) < 4.78 is 15.9. The van der Waals surface area contributed by atoms with Crippen molar-refractivity contribution < 1.29 is 13.9 Å². The van der Waals surface area contributed by atoms with Gasteiger partial charge in [-0.1, -0.05) is 12.2 Å². The fraction of sp³-hybridized carbons (Fsp3) is 0.273. The predicted molar refractivity (Wildman–Crippen MR) is 53.7 cm³/mol. The van der Waals surface area contributed by atoms with Crippen LogP contribution in [0.3, 0.4) is 0 Å². The molecule has 1 aromatic rings. The van der Waals surface area contributed by atoms with Crippen molar-refractivity contribution in [1.29, 1.82) is 0 Å². The molecule has 1 rings (SSSR count). The molecular formula is C11H14O3. The Morgan fingerprint density at radius 1 is 1.29 bits per heavy atom. The maximum absolute atomic E-state index is 5.36. The quantitative estimate of drug-likeness (QED) is 0.494. The first kappa shape index (κ1) is 10.8. The molecule has 76 valence electrons. The molecule has 0 aliphatic heterocycles. The molecule has 0 unspecified atom stereocenters. The lowest BCUT2D eigenvalue weighted by Crippen LogP contribution is -2.08. The van der Waals surface area contributed by atoms with E-state index in [0.29, 0.717) is 19.0 Å². The van der Waals surface area contributed by atoms with Crippen LogP contribution in [0.1, 0.15) is 12.1 Å². The highest BCUT2D eigenvalue weighted by Crippen LogP contribution is 2.19. The van der Waals surface area contributed by atoms with E-state index in [1.807, 2.05) is 0 Å². The molecule has 0 atom stereocenters. The van der Waals surface area contributed by atoms with Crippen LogP contribution >= 0.6 is 0 Å². The molecule has 0 amide bonds. The van der Waals surface area contributed by atoms with Gasteiger partial charge in [-0.05, 0) is 12.1 Å². The van der Waals surface area contributed by atoms with Gasteiger partial charge in [0.15, 0.2) is 5.76 Å². The molecule has 3 heteroatoms. The zero-order valence-corrected chi connectivity index (χ0v) is 8.02. The largest absolute Gasteiger partial charge is 0.464 e. The summed E-state index contributed by atoms with van der Waals surface area (Å²) in [6.45, 7) is 7.96. The lowest BCUT2D eigenvalue weighted by molar-refractivity contribution is -0.141. The molecule has 0 aromatic carbocycles. The van der Waals surface area contributed by atoms with E-state index in [1.54, 1.807) is 30.5 Å². The normalized spacial score (nSPS) is 10.4. The van der Waals surface area contributed by atoms with Crippen molar-refractivity contribution in [3.63, 3.8) is 0 Å². The lowest BCUT2D eigenvalue weighted by Gasteiger charge is -2.14. The van der Waals surface area contributed by atoms with Crippen LogP contribution in [0.25, 0.3) is 0 Å². The average molecular weight is 194 g/mol. The number of furan rings is 1. The summed E-state index contributed by atoms with van der Waals surface area (Å²) in [7, 11) is 0. The first-order valence-corrected chi connectivity index (χ1v) is 4.37. The Morgan fingerprint density at radius 2 is 1.93 bits per heavy atom. The van der Waals surface area contributed by atoms with Gasteiger partial charge in [-0.15, -0.1) is 13.2 Å². The Hall–Kier alpha value is -1.32. The van der Waals surface area contributed by atoms with Gasteiger partial charge in [-0.3, -0.25) is 0 Å². The smallest absolute Gasteiger partial charge is 0.217 e. The molecule has 0 aliphatic carbocycles. The summed E-state index contributed by atoms with van der Waals surface area (Å²) in [6.07, 6.45) is 4.41. The van der Waals surface area contributed by atoms with Gasteiger partial charge in [-0.2, -0.15) is 0 Å². The Morgan fingerprint density at radius 3 is 2.36 bits per heavy atom. The molecular weight excluding hydrogens is 180 g/mol. The SMILES string of the molecule is C=CCOC(OCC=C)c1ccco1. The van der Waals surface area contributed by atoms with E-state index in [9.17, 15) is 0 Å². The average Bonchev–Trinajstić information content (AvgIpc) is 2.71. The van der Waals surface area contributed by atoms with Crippen LogP contribution in [0.4, 0.5) is 0 Å². The second-order valence-electron chi connectivity index (χ2n) is 2.59. The van der Waals surface area contributed by atoms with Crippen LogP contribution in [0.15, 0.2) is 48.1 Å². The fourth-order valence-electron chi connectivity index (χ4n) is 0.949. The first-order valence-electron chi connectivity index (χ1n) is 4.37. The molecule has 0 bridgehead atoms. The molecule has 0 saturated heterocycles. The van der Waals surface area contributed by atoms with Gasteiger partial charge in [0.2, 0.25) is 6.29 Å². The fourth-order valence-corrected chi connectivity index (χ4v) is 0.949. The summed E-state index contributed by atoms with van der Waals surface area (Å²) in [5.41, 5.74) is 0. The van der Waals surface area contributed by atoms with Gasteiger partial charge in [0, 0.05) is 0 Å². The van der Waals surface area contributed by atoms with E-state index < -0.39 is 6.29 Å². The Balaban J connectivity index is 2.52. The number of hydrogen-bond donors (Lipinski definition) is 0. The van der Waals surface area contributed by atoms with Crippen molar-refractivity contribution in [1.82, 2.24) is 0 Å². The van der Waals surface area contributed by atoms with Crippen LogP contribution in [0.5, 0.6) is 0 Å². The monoisotopic (exact) mass is 194 g/mol. The molecule has 1 aromatic heterocycles. The topological polar surface area (TPSA) is 31.6 Å². The van der Waals surface area contributed by atoms with E-state index in [-0.39, 0.29) is 0 Å². The molecule has 0 aliphatic rings. The second-order valence-corrected chi connectivity index (χ2v) is 2.59. The van der Waals surface area contributed by atoms with Crippen LogP contribution in [-0.2, 0) is 9.47 Å². The molecule has 0 spiro atoms. The highest BCUT2D eigenvalue weighted by molar-refractivity contribution is 5.00. The van der Waals surface area contributed by atoms with Crippen molar-refractivity contribution in [2.45, 2.75) is 6.29 Å². The second kappa shape index (κ2) is 6.18. The van der Waals surface area contributed by atoms with Crippen LogP contribution in [0, 0.1) is 0 Å². The Labute approximate surface area is 83.6 Å². The highest BCUT2D eigenvalue weighted by atomic mass is 16.7. The van der Waals surface area contributed by atoms with Gasteiger partial charge in [0.1, 0.15) is 0 Å². The van der Waals surface area contributed by atoms with E-state index in [0.717, 1.165) is 0 Å². The van der Waals surface area contributed by atoms with Gasteiger partial charge in [-0.25, -0.2) is 0 Å². The van der Waals surface area contributed by atoms with Crippen LogP contribution < -0.4 is 0 Å². The van der Waals surface area contributed by atoms with E-state index in [4.69, 9.17) is 13.9 Å². The molecule has 0 fully saturated rings. The van der Waals surface area contributed by atoms with Crippen LogP contribution in [0.2, 0.25) is 0 Å². The van der Waals surface area contributed by atoms with E-state index >= 15 is 0 Å². The number of hydrogen-bond acceptors (Lipinski definition) is 3. The summed E-state index contributed by atoms with van der Waals surface area (Å²) in [6, 6.07) is 3.59. The number of rotatable bonds is 7. The van der Waals surface area contributed by atoms with Crippen molar-refractivity contribution >= 4 is 0 Å². The maximum atomic E-state index is 5.36. The first-order chi connectivity index (χ1) is 6.88. The Bertz CT molecular complexity index is 252.